The lowest BCUT2D eigenvalue weighted by atomic mass is 9.75. The Bertz CT molecular complexity index is 292. The van der Waals surface area contributed by atoms with Gasteiger partial charge < -0.3 is 14.8 Å². The van der Waals surface area contributed by atoms with E-state index in [2.05, 4.69) is 5.32 Å². The van der Waals surface area contributed by atoms with Crippen LogP contribution in [0.4, 0.5) is 0 Å². The van der Waals surface area contributed by atoms with Gasteiger partial charge in [0.25, 0.3) is 0 Å². The number of nitrogens with one attached hydrogen (secondary N) is 1. The standard InChI is InChI=1S/C15H27NO3/c1-15(2,13-4-3-7-16-10-13)14(17)19-11-12-5-8-18-9-6-12/h12-13,16H,3-11H2,1-2H3. The van der Waals surface area contributed by atoms with Gasteiger partial charge in [-0.2, -0.15) is 0 Å². The average molecular weight is 269 g/mol. The molecule has 0 aromatic heterocycles. The number of rotatable bonds is 4. The molecule has 2 heterocycles. The van der Waals surface area contributed by atoms with Gasteiger partial charge in [-0.15, -0.1) is 0 Å². The molecular formula is C15H27NO3. The van der Waals surface area contributed by atoms with Crippen LogP contribution in [0.15, 0.2) is 0 Å². The minimum atomic E-state index is -0.376. The molecule has 110 valence electrons. The molecule has 1 unspecified atom stereocenters. The molecule has 0 amide bonds. The van der Waals surface area contributed by atoms with Crippen molar-refractivity contribution >= 4 is 5.97 Å². The Kier molecular flexibility index (Phi) is 5.22. The Morgan fingerprint density at radius 3 is 2.68 bits per heavy atom. The van der Waals surface area contributed by atoms with Gasteiger partial charge in [0.2, 0.25) is 0 Å². The molecule has 2 fully saturated rings. The van der Waals surface area contributed by atoms with Gasteiger partial charge in [0.1, 0.15) is 0 Å². The summed E-state index contributed by atoms with van der Waals surface area (Å²) in [6.07, 6.45) is 4.30. The van der Waals surface area contributed by atoms with Crippen molar-refractivity contribution in [2.75, 3.05) is 32.9 Å². The van der Waals surface area contributed by atoms with E-state index in [1.807, 2.05) is 13.8 Å². The molecule has 1 atom stereocenters. The van der Waals surface area contributed by atoms with Crippen molar-refractivity contribution in [1.82, 2.24) is 5.32 Å². The Morgan fingerprint density at radius 2 is 2.05 bits per heavy atom. The van der Waals surface area contributed by atoms with Gasteiger partial charge in [0.05, 0.1) is 12.0 Å². The highest BCUT2D eigenvalue weighted by Crippen LogP contribution is 2.33. The Balaban J connectivity index is 1.79. The fourth-order valence-electron chi connectivity index (χ4n) is 2.93. The first kappa shape index (κ1) is 14.8. The van der Waals surface area contributed by atoms with Crippen LogP contribution in [0.3, 0.4) is 0 Å². The van der Waals surface area contributed by atoms with E-state index in [0.29, 0.717) is 18.4 Å². The first-order valence-electron chi connectivity index (χ1n) is 7.56. The Labute approximate surface area is 116 Å². The summed E-state index contributed by atoms with van der Waals surface area (Å²) in [4.78, 5) is 12.3. The number of hydrogen-bond donors (Lipinski definition) is 1. The lowest BCUT2D eigenvalue weighted by Gasteiger charge is -2.35. The van der Waals surface area contributed by atoms with E-state index in [-0.39, 0.29) is 11.4 Å². The fourth-order valence-corrected chi connectivity index (χ4v) is 2.93. The summed E-state index contributed by atoms with van der Waals surface area (Å²) in [5, 5.41) is 3.38. The van der Waals surface area contributed by atoms with E-state index in [0.717, 1.165) is 52.0 Å². The SMILES string of the molecule is CC(C)(C(=O)OCC1CCOCC1)C1CCCNC1. The number of carbonyl (C=O) groups excluding carboxylic acids is 1. The number of ether oxygens (including phenoxy) is 2. The molecule has 1 N–H and O–H groups in total. The van der Waals surface area contributed by atoms with Gasteiger partial charge in [-0.25, -0.2) is 0 Å². The molecule has 0 bridgehead atoms. The van der Waals surface area contributed by atoms with Gasteiger partial charge >= 0.3 is 5.97 Å². The summed E-state index contributed by atoms with van der Waals surface area (Å²) >= 11 is 0. The zero-order chi connectivity index (χ0) is 13.7. The largest absolute Gasteiger partial charge is 0.465 e. The third kappa shape index (κ3) is 3.93. The molecule has 2 aliphatic rings. The predicted molar refractivity (Wildman–Crippen MR) is 73.9 cm³/mol. The van der Waals surface area contributed by atoms with Crippen LogP contribution in [0, 0.1) is 17.3 Å². The maximum atomic E-state index is 12.3. The minimum absolute atomic E-state index is 0.0345. The van der Waals surface area contributed by atoms with Crippen LogP contribution in [-0.2, 0) is 14.3 Å². The van der Waals surface area contributed by atoms with E-state index >= 15 is 0 Å². The van der Waals surface area contributed by atoms with Gasteiger partial charge in [-0.3, -0.25) is 4.79 Å². The predicted octanol–water partition coefficient (Wildman–Crippen LogP) is 1.98. The third-order valence-corrected chi connectivity index (χ3v) is 4.63. The second-order valence-corrected chi connectivity index (χ2v) is 6.42. The van der Waals surface area contributed by atoms with Gasteiger partial charge in [-0.05, 0) is 64.5 Å². The molecule has 4 heteroatoms. The Hall–Kier alpha value is -0.610. The molecule has 0 saturated carbocycles. The first-order valence-corrected chi connectivity index (χ1v) is 7.56. The number of piperidine rings is 1. The molecule has 2 aliphatic heterocycles. The fraction of sp³-hybridized carbons (Fsp3) is 0.933. The topological polar surface area (TPSA) is 47.6 Å². The maximum absolute atomic E-state index is 12.3. The zero-order valence-electron chi connectivity index (χ0n) is 12.2. The quantitative estimate of drug-likeness (QED) is 0.793. The molecule has 0 aliphatic carbocycles. The highest BCUT2D eigenvalue weighted by molar-refractivity contribution is 5.76. The van der Waals surface area contributed by atoms with Crippen LogP contribution in [-0.4, -0.2) is 38.9 Å². The van der Waals surface area contributed by atoms with Crippen LogP contribution in [0.1, 0.15) is 39.5 Å². The van der Waals surface area contributed by atoms with Crippen LogP contribution in [0.5, 0.6) is 0 Å². The van der Waals surface area contributed by atoms with Crippen molar-refractivity contribution in [1.29, 1.82) is 0 Å². The molecule has 0 aromatic rings. The molecule has 19 heavy (non-hydrogen) atoms. The Morgan fingerprint density at radius 1 is 1.32 bits per heavy atom. The minimum Gasteiger partial charge on any atom is -0.465 e. The summed E-state index contributed by atoms with van der Waals surface area (Å²) in [5.41, 5.74) is -0.376. The van der Waals surface area contributed by atoms with Crippen LogP contribution < -0.4 is 5.32 Å². The number of esters is 1. The molecule has 0 aromatic carbocycles. The number of hydrogen-bond acceptors (Lipinski definition) is 4. The highest BCUT2D eigenvalue weighted by Gasteiger charge is 2.38. The van der Waals surface area contributed by atoms with E-state index in [1.165, 1.54) is 0 Å². The van der Waals surface area contributed by atoms with Crippen molar-refractivity contribution in [2.24, 2.45) is 17.3 Å². The van der Waals surface area contributed by atoms with E-state index in [9.17, 15) is 4.79 Å². The molecule has 2 rings (SSSR count). The third-order valence-electron chi connectivity index (χ3n) is 4.63. The average Bonchev–Trinajstić information content (AvgIpc) is 2.46. The van der Waals surface area contributed by atoms with E-state index < -0.39 is 0 Å². The molecular weight excluding hydrogens is 242 g/mol. The molecule has 0 radical (unpaired) electrons. The monoisotopic (exact) mass is 269 g/mol. The van der Waals surface area contributed by atoms with Gasteiger partial charge in [0, 0.05) is 13.2 Å². The summed E-state index contributed by atoms with van der Waals surface area (Å²) in [7, 11) is 0. The smallest absolute Gasteiger partial charge is 0.311 e. The molecule has 4 nitrogen and oxygen atoms in total. The second kappa shape index (κ2) is 6.71. The van der Waals surface area contributed by atoms with Crippen LogP contribution in [0.25, 0.3) is 0 Å². The van der Waals surface area contributed by atoms with Crippen molar-refractivity contribution in [3.8, 4) is 0 Å². The van der Waals surface area contributed by atoms with Gasteiger partial charge in [-0.1, -0.05) is 0 Å². The van der Waals surface area contributed by atoms with Crippen molar-refractivity contribution in [3.05, 3.63) is 0 Å². The van der Waals surface area contributed by atoms with Crippen LogP contribution >= 0.6 is 0 Å². The lowest BCUT2D eigenvalue weighted by Crippen LogP contribution is -2.43. The summed E-state index contributed by atoms with van der Waals surface area (Å²) in [6, 6.07) is 0. The van der Waals surface area contributed by atoms with Gasteiger partial charge in [0.15, 0.2) is 0 Å². The summed E-state index contributed by atoms with van der Waals surface area (Å²) < 4.78 is 10.9. The zero-order valence-corrected chi connectivity index (χ0v) is 12.2. The first-order chi connectivity index (χ1) is 9.10. The van der Waals surface area contributed by atoms with Crippen molar-refractivity contribution < 1.29 is 14.3 Å². The van der Waals surface area contributed by atoms with E-state index in [1.54, 1.807) is 0 Å². The summed E-state index contributed by atoms with van der Waals surface area (Å²) in [5.74, 6) is 0.842. The summed E-state index contributed by atoms with van der Waals surface area (Å²) in [6.45, 7) is 8.22. The lowest BCUT2D eigenvalue weighted by molar-refractivity contribution is -0.160. The van der Waals surface area contributed by atoms with Crippen molar-refractivity contribution in [2.45, 2.75) is 39.5 Å². The number of carbonyl (C=O) groups is 1. The van der Waals surface area contributed by atoms with E-state index in [4.69, 9.17) is 9.47 Å². The van der Waals surface area contributed by atoms with Crippen LogP contribution in [0.2, 0.25) is 0 Å². The molecule has 0 spiro atoms. The highest BCUT2D eigenvalue weighted by atomic mass is 16.5. The maximum Gasteiger partial charge on any atom is 0.311 e. The molecule has 2 saturated heterocycles. The normalized spacial score (nSPS) is 26.1. The van der Waals surface area contributed by atoms with Crippen molar-refractivity contribution in [3.63, 3.8) is 0 Å². The second-order valence-electron chi connectivity index (χ2n) is 6.42.